The van der Waals surface area contributed by atoms with Gasteiger partial charge in [0.25, 0.3) is 0 Å². The number of hydrogen-bond acceptors (Lipinski definition) is 16. The number of phenols is 1. The zero-order valence-electron chi connectivity index (χ0n) is 23.4. The van der Waals surface area contributed by atoms with E-state index in [-0.39, 0.29) is 5.75 Å². The average molecular weight is 615 g/mol. The molecule has 2 saturated heterocycles. The third kappa shape index (κ3) is 8.47. The van der Waals surface area contributed by atoms with Crippen molar-refractivity contribution < 1.29 is 77.9 Å². The van der Waals surface area contributed by atoms with Gasteiger partial charge in [-0.15, -0.1) is 0 Å². The molecule has 0 amide bonds. The largest absolute Gasteiger partial charge is 0.508 e. The third-order valence-corrected chi connectivity index (χ3v) is 6.41. The maximum absolute atomic E-state index is 12.9. The van der Waals surface area contributed by atoms with E-state index in [4.69, 9.17) is 33.2 Å². The standard InChI is InChI=1S/C27H34O16/c1-13(30)37-11-19-21(35)22(36)24(39-15(3)32)26(40-19)43-27(12-29)25(23(38-14(2)31)18(10-28)42-27)41-20(34)9-6-16-4-7-17(33)8-5-16/h4-9,18-19,21-26,28-29,33,35-36H,10-12H2,1-3H3/b9-6+/t18-,19-,21-,22+,23-,24-,25+,26-,27+/m1/s1. The summed E-state index contributed by atoms with van der Waals surface area (Å²) in [5.74, 6) is -6.04. The van der Waals surface area contributed by atoms with Crippen molar-refractivity contribution in [1.29, 1.82) is 0 Å². The fourth-order valence-corrected chi connectivity index (χ4v) is 4.49. The van der Waals surface area contributed by atoms with Crippen molar-refractivity contribution >= 4 is 30.0 Å². The highest BCUT2D eigenvalue weighted by atomic mass is 16.8. The van der Waals surface area contributed by atoms with Crippen LogP contribution in [0.2, 0.25) is 0 Å². The van der Waals surface area contributed by atoms with E-state index in [1.807, 2.05) is 0 Å². The Labute approximate surface area is 245 Å². The molecule has 0 aliphatic carbocycles. The van der Waals surface area contributed by atoms with Gasteiger partial charge in [0.1, 0.15) is 43.4 Å². The number of hydrogen-bond donors (Lipinski definition) is 5. The van der Waals surface area contributed by atoms with Crippen LogP contribution in [0.4, 0.5) is 0 Å². The van der Waals surface area contributed by atoms with Gasteiger partial charge in [0.2, 0.25) is 12.1 Å². The van der Waals surface area contributed by atoms with Crippen molar-refractivity contribution in [1.82, 2.24) is 0 Å². The zero-order chi connectivity index (χ0) is 31.9. The minimum Gasteiger partial charge on any atom is -0.508 e. The highest BCUT2D eigenvalue weighted by Gasteiger charge is 2.63. The smallest absolute Gasteiger partial charge is 0.331 e. The quantitative estimate of drug-likeness (QED) is 0.106. The topological polar surface area (TPSA) is 234 Å². The number of ether oxygens (including phenoxy) is 7. The second kappa shape index (κ2) is 14.7. The number of esters is 4. The van der Waals surface area contributed by atoms with E-state index in [1.54, 1.807) is 0 Å². The van der Waals surface area contributed by atoms with Crippen LogP contribution >= 0.6 is 0 Å². The Hall–Kier alpha value is -3.64. The van der Waals surface area contributed by atoms with Crippen LogP contribution in [-0.4, -0.2) is 124 Å². The first kappa shape index (κ1) is 33.9. The van der Waals surface area contributed by atoms with E-state index in [1.165, 1.54) is 30.3 Å². The molecule has 0 aromatic heterocycles. The maximum Gasteiger partial charge on any atom is 0.331 e. The highest BCUT2D eigenvalue weighted by molar-refractivity contribution is 5.87. The predicted molar refractivity (Wildman–Crippen MR) is 138 cm³/mol. The number of carbonyl (C=O) groups is 4. The van der Waals surface area contributed by atoms with Crippen molar-refractivity contribution in [3.8, 4) is 5.75 Å². The molecule has 9 atom stereocenters. The van der Waals surface area contributed by atoms with Gasteiger partial charge in [-0.3, -0.25) is 14.4 Å². The second-order valence-corrected chi connectivity index (χ2v) is 9.68. The second-order valence-electron chi connectivity index (χ2n) is 9.68. The first-order valence-corrected chi connectivity index (χ1v) is 13.0. The highest BCUT2D eigenvalue weighted by Crippen LogP contribution is 2.40. The number of rotatable bonds is 11. The Kier molecular flexibility index (Phi) is 11.6. The number of benzene rings is 1. The van der Waals surface area contributed by atoms with Gasteiger partial charge in [-0.05, 0) is 23.8 Å². The maximum atomic E-state index is 12.9. The number of aromatic hydroxyl groups is 1. The minimum atomic E-state index is -2.47. The Balaban J connectivity index is 1.97. The lowest BCUT2D eigenvalue weighted by Gasteiger charge is -2.44. The van der Waals surface area contributed by atoms with Crippen LogP contribution < -0.4 is 0 Å². The summed E-state index contributed by atoms with van der Waals surface area (Å²) in [5, 5.41) is 51.2. The summed E-state index contributed by atoms with van der Waals surface area (Å²) >= 11 is 0. The molecule has 1 aromatic carbocycles. The van der Waals surface area contributed by atoms with Gasteiger partial charge in [-0.25, -0.2) is 4.79 Å². The first-order chi connectivity index (χ1) is 20.3. The zero-order valence-corrected chi connectivity index (χ0v) is 23.4. The van der Waals surface area contributed by atoms with Gasteiger partial charge in [-0.2, -0.15) is 0 Å². The molecule has 2 aliphatic heterocycles. The van der Waals surface area contributed by atoms with Crippen LogP contribution in [0.1, 0.15) is 26.3 Å². The molecule has 0 spiro atoms. The molecule has 238 valence electrons. The minimum absolute atomic E-state index is 0.00306. The van der Waals surface area contributed by atoms with Crippen molar-refractivity contribution in [2.24, 2.45) is 0 Å². The summed E-state index contributed by atoms with van der Waals surface area (Å²) in [6.45, 7) is 0.627. The molecule has 2 aliphatic rings. The lowest BCUT2D eigenvalue weighted by atomic mass is 9.98. The molecule has 2 fully saturated rings. The molecule has 43 heavy (non-hydrogen) atoms. The summed E-state index contributed by atoms with van der Waals surface area (Å²) in [7, 11) is 0. The molecule has 1 aromatic rings. The SMILES string of the molecule is CC(=O)OC[C@H]1O[C@H](O[C@]2(CO)O[C@H](CO)[C@@H](OC(C)=O)[C@@H]2OC(=O)/C=C/c2ccc(O)cc2)[C@H](OC(C)=O)[C@@H](O)[C@@H]1O. The summed E-state index contributed by atoms with van der Waals surface area (Å²) < 4.78 is 38.0. The van der Waals surface area contributed by atoms with E-state index in [9.17, 15) is 44.7 Å². The normalized spacial score (nSPS) is 32.3. The monoisotopic (exact) mass is 614 g/mol. The van der Waals surface area contributed by atoms with Crippen LogP contribution in [0.3, 0.4) is 0 Å². The van der Waals surface area contributed by atoms with Crippen LogP contribution in [0, 0.1) is 0 Å². The molecule has 2 heterocycles. The van der Waals surface area contributed by atoms with Gasteiger partial charge in [0.15, 0.2) is 18.3 Å². The Morgan fingerprint density at radius 1 is 0.884 bits per heavy atom. The van der Waals surface area contributed by atoms with Crippen molar-refractivity contribution in [3.63, 3.8) is 0 Å². The molecule has 0 bridgehead atoms. The molecule has 3 rings (SSSR count). The average Bonchev–Trinajstić information content (AvgIpc) is 3.22. The lowest BCUT2D eigenvalue weighted by molar-refractivity contribution is -0.383. The van der Waals surface area contributed by atoms with Gasteiger partial charge in [0, 0.05) is 26.8 Å². The van der Waals surface area contributed by atoms with Crippen molar-refractivity contribution in [3.05, 3.63) is 35.9 Å². The molecule has 0 radical (unpaired) electrons. The molecule has 5 N–H and O–H groups in total. The number of aliphatic hydroxyl groups excluding tert-OH is 4. The molecule has 16 heteroatoms. The van der Waals surface area contributed by atoms with Crippen LogP contribution in [-0.2, 0) is 52.3 Å². The fraction of sp³-hybridized carbons (Fsp3) is 0.556. The third-order valence-electron chi connectivity index (χ3n) is 6.41. The Morgan fingerprint density at radius 2 is 1.51 bits per heavy atom. The molecular formula is C27H34O16. The van der Waals surface area contributed by atoms with Crippen LogP contribution in [0.25, 0.3) is 6.08 Å². The summed E-state index contributed by atoms with van der Waals surface area (Å²) in [4.78, 5) is 48.0. The van der Waals surface area contributed by atoms with Crippen LogP contribution in [0.15, 0.2) is 30.3 Å². The van der Waals surface area contributed by atoms with Crippen molar-refractivity contribution in [2.45, 2.75) is 75.6 Å². The summed E-state index contributed by atoms with van der Waals surface area (Å²) in [5.41, 5.74) is 0.498. The number of aliphatic hydroxyl groups is 4. The predicted octanol–water partition coefficient (Wildman–Crippen LogP) is -1.71. The van der Waals surface area contributed by atoms with Gasteiger partial charge in [0.05, 0.1) is 6.61 Å². The summed E-state index contributed by atoms with van der Waals surface area (Å²) in [6, 6.07) is 5.77. The molecule has 16 nitrogen and oxygen atoms in total. The van der Waals surface area contributed by atoms with E-state index in [0.717, 1.165) is 26.8 Å². The Bertz CT molecular complexity index is 1170. The fourth-order valence-electron chi connectivity index (χ4n) is 4.49. The first-order valence-electron chi connectivity index (χ1n) is 13.0. The van der Waals surface area contributed by atoms with E-state index in [2.05, 4.69) is 0 Å². The van der Waals surface area contributed by atoms with Crippen molar-refractivity contribution in [2.75, 3.05) is 19.8 Å². The summed E-state index contributed by atoms with van der Waals surface area (Å²) in [6.07, 6.45) is -11.1. The number of carbonyl (C=O) groups excluding carboxylic acids is 4. The van der Waals surface area contributed by atoms with Crippen LogP contribution in [0.5, 0.6) is 5.75 Å². The lowest BCUT2D eigenvalue weighted by Crippen LogP contribution is -2.64. The number of phenolic OH excluding ortho intramolecular Hbond substituents is 1. The van der Waals surface area contributed by atoms with E-state index >= 15 is 0 Å². The molecule has 0 saturated carbocycles. The van der Waals surface area contributed by atoms with Gasteiger partial charge >= 0.3 is 23.9 Å². The van der Waals surface area contributed by atoms with E-state index < -0.39 is 98.5 Å². The Morgan fingerprint density at radius 3 is 2.07 bits per heavy atom. The molecular weight excluding hydrogens is 580 g/mol. The van der Waals surface area contributed by atoms with Gasteiger partial charge < -0.3 is 58.7 Å². The van der Waals surface area contributed by atoms with E-state index in [0.29, 0.717) is 5.56 Å². The molecule has 0 unspecified atom stereocenters. The van der Waals surface area contributed by atoms with Gasteiger partial charge in [-0.1, -0.05) is 12.1 Å².